The summed E-state index contributed by atoms with van der Waals surface area (Å²) in [4.78, 5) is 0. The minimum absolute atomic E-state index is 0.159. The van der Waals surface area contributed by atoms with Crippen LogP contribution < -0.4 is 0 Å². The molecule has 4 rings (SSSR count). The summed E-state index contributed by atoms with van der Waals surface area (Å²) in [6.45, 7) is 8.98. The van der Waals surface area contributed by atoms with Gasteiger partial charge in [-0.3, -0.25) is 0 Å². The zero-order valence-corrected chi connectivity index (χ0v) is 25.4. The van der Waals surface area contributed by atoms with Crippen molar-refractivity contribution in [3.8, 4) is 11.5 Å². The molecule has 4 aromatic carbocycles. The van der Waals surface area contributed by atoms with Gasteiger partial charge in [0.2, 0.25) is 0 Å². The minimum atomic E-state index is -2.16. The van der Waals surface area contributed by atoms with Gasteiger partial charge >= 0.3 is 0 Å². The van der Waals surface area contributed by atoms with Crippen LogP contribution in [0.15, 0.2) is 115 Å². The monoisotopic (exact) mass is 539 g/mol. The second kappa shape index (κ2) is 13.9. The maximum Gasteiger partial charge on any atom is 0.156 e. The fourth-order valence-corrected chi connectivity index (χ4v) is 6.68. The molecule has 0 radical (unpaired) electrons. The molecular weight excluding hydrogens is 499 g/mol. The molecule has 0 aromatic heterocycles. The van der Waals surface area contributed by atoms with Gasteiger partial charge in [0.25, 0.3) is 0 Å². The van der Waals surface area contributed by atoms with Crippen LogP contribution in [-0.2, 0) is 12.8 Å². The molecule has 0 saturated carbocycles. The number of rotatable bonds is 10. The van der Waals surface area contributed by atoms with Gasteiger partial charge in [0.05, 0.1) is 11.6 Å². The number of hydrogen-bond donors (Lipinski definition) is 1. The van der Waals surface area contributed by atoms with Gasteiger partial charge < -0.3 is 5.41 Å². The predicted octanol–water partition coefficient (Wildman–Crippen LogP) is 9.67. The molecule has 0 unspecified atom stereocenters. The molecule has 0 heterocycles. The third-order valence-corrected chi connectivity index (χ3v) is 8.95. The lowest BCUT2D eigenvalue weighted by Gasteiger charge is -2.24. The maximum absolute atomic E-state index is 9.70. The molecule has 0 saturated heterocycles. The fraction of sp³-hybridized carbons (Fsp3) is 0.237. The van der Waals surface area contributed by atoms with E-state index in [-0.39, 0.29) is 5.92 Å². The van der Waals surface area contributed by atoms with Gasteiger partial charge in [-0.1, -0.05) is 148 Å². The summed E-state index contributed by atoms with van der Waals surface area (Å²) in [7, 11) is -2.16. The van der Waals surface area contributed by atoms with Crippen LogP contribution in [0.25, 0.3) is 5.57 Å². The van der Waals surface area contributed by atoms with Crippen LogP contribution in [0.3, 0.4) is 0 Å². The van der Waals surface area contributed by atoms with E-state index in [1.807, 2.05) is 12.1 Å². The highest BCUT2D eigenvalue weighted by molar-refractivity contribution is 6.90. The van der Waals surface area contributed by atoms with Crippen LogP contribution in [0.1, 0.15) is 66.0 Å². The first-order valence-corrected chi connectivity index (χ1v) is 17.6. The standard InChI is InChI=1S/C38H41NSi/c1-5-13-30-19-21-32(22-20-30)27-28-40(3,4)29-36(33-25-23-31(14-6-2)24-26-33)38(39)37(34-15-9-7-10-16-34)35-17-11-8-12-18-35/h7-12,15-26,29,37,39H,5-6,13-14H2,1-4H3/b36-29+,39-38?. The lowest BCUT2D eigenvalue weighted by molar-refractivity contribution is 0.922. The Labute approximate surface area is 242 Å². The van der Waals surface area contributed by atoms with Crippen molar-refractivity contribution < 1.29 is 0 Å². The normalized spacial score (nSPS) is 11.7. The average Bonchev–Trinajstić information content (AvgIpc) is 2.98. The van der Waals surface area contributed by atoms with E-state index in [4.69, 9.17) is 0 Å². The summed E-state index contributed by atoms with van der Waals surface area (Å²) in [6, 6.07) is 38.4. The first-order valence-electron chi connectivity index (χ1n) is 14.5. The van der Waals surface area contributed by atoms with Crippen LogP contribution in [0.2, 0.25) is 13.1 Å². The van der Waals surface area contributed by atoms with E-state index in [1.165, 1.54) is 11.1 Å². The van der Waals surface area contributed by atoms with Crippen LogP contribution in [0.5, 0.6) is 0 Å². The zero-order valence-electron chi connectivity index (χ0n) is 24.4. The van der Waals surface area contributed by atoms with Crippen molar-refractivity contribution >= 4 is 19.4 Å². The molecule has 0 aliphatic rings. The van der Waals surface area contributed by atoms with Gasteiger partial charge in [0, 0.05) is 5.56 Å². The Kier molecular flexibility index (Phi) is 10.1. The highest BCUT2D eigenvalue weighted by Gasteiger charge is 2.26. The maximum atomic E-state index is 9.70. The summed E-state index contributed by atoms with van der Waals surface area (Å²) in [6.07, 6.45) is 4.44. The van der Waals surface area contributed by atoms with Gasteiger partial charge in [-0.05, 0) is 58.4 Å². The molecule has 0 aliphatic heterocycles. The molecule has 0 fully saturated rings. The second-order valence-corrected chi connectivity index (χ2v) is 15.1. The first-order chi connectivity index (χ1) is 19.4. The van der Waals surface area contributed by atoms with Gasteiger partial charge in [-0.25, -0.2) is 0 Å². The number of nitrogens with one attached hydrogen (secondary N) is 1. The Bertz CT molecular complexity index is 1430. The van der Waals surface area contributed by atoms with Crippen molar-refractivity contribution in [3.63, 3.8) is 0 Å². The topological polar surface area (TPSA) is 23.9 Å². The van der Waals surface area contributed by atoms with Crippen LogP contribution in [0.4, 0.5) is 0 Å². The second-order valence-electron chi connectivity index (χ2n) is 11.1. The summed E-state index contributed by atoms with van der Waals surface area (Å²) in [5.74, 6) is 3.31. The van der Waals surface area contributed by atoms with E-state index >= 15 is 0 Å². The molecular formula is C38H41NSi. The molecule has 2 heteroatoms. The van der Waals surface area contributed by atoms with Gasteiger partial charge in [0.15, 0.2) is 8.07 Å². The number of hydrogen-bond acceptors (Lipinski definition) is 1. The van der Waals surface area contributed by atoms with E-state index in [0.29, 0.717) is 5.71 Å². The molecule has 0 bridgehead atoms. The van der Waals surface area contributed by atoms with Gasteiger partial charge in [-0.2, -0.15) is 0 Å². The van der Waals surface area contributed by atoms with Crippen LogP contribution >= 0.6 is 0 Å². The molecule has 1 nitrogen and oxygen atoms in total. The Morgan fingerprint density at radius 3 is 1.65 bits per heavy atom. The lowest BCUT2D eigenvalue weighted by atomic mass is 9.82. The molecule has 4 aromatic rings. The predicted molar refractivity (Wildman–Crippen MR) is 176 cm³/mol. The summed E-state index contributed by atoms with van der Waals surface area (Å²) >= 11 is 0. The first kappa shape index (κ1) is 29.1. The molecule has 0 aliphatic carbocycles. The van der Waals surface area contributed by atoms with Crippen LogP contribution in [-0.4, -0.2) is 13.8 Å². The van der Waals surface area contributed by atoms with Crippen molar-refractivity contribution in [1.82, 2.24) is 0 Å². The lowest BCUT2D eigenvalue weighted by Crippen LogP contribution is -2.24. The number of benzene rings is 4. The quantitative estimate of drug-likeness (QED) is 0.118. The highest BCUT2D eigenvalue weighted by atomic mass is 28.3. The van der Waals surface area contributed by atoms with Crippen LogP contribution in [0, 0.1) is 16.9 Å². The van der Waals surface area contributed by atoms with Crippen molar-refractivity contribution in [1.29, 1.82) is 5.41 Å². The largest absolute Gasteiger partial charge is 0.304 e. The molecule has 0 amide bonds. The minimum Gasteiger partial charge on any atom is -0.304 e. The Hall–Kier alpha value is -3.93. The van der Waals surface area contributed by atoms with E-state index in [2.05, 4.69) is 141 Å². The third-order valence-electron chi connectivity index (χ3n) is 7.18. The van der Waals surface area contributed by atoms with E-state index in [9.17, 15) is 5.41 Å². The Morgan fingerprint density at radius 1 is 0.700 bits per heavy atom. The average molecular weight is 540 g/mol. The molecule has 0 spiro atoms. The number of aryl methyl sites for hydroxylation is 2. The zero-order chi connectivity index (χ0) is 28.4. The van der Waals surface area contributed by atoms with Gasteiger partial charge in [-0.15, -0.1) is 5.54 Å². The molecule has 202 valence electrons. The van der Waals surface area contributed by atoms with Crippen molar-refractivity contribution in [2.75, 3.05) is 0 Å². The molecule has 40 heavy (non-hydrogen) atoms. The Balaban J connectivity index is 1.78. The van der Waals surface area contributed by atoms with Gasteiger partial charge in [0.1, 0.15) is 0 Å². The molecule has 0 atom stereocenters. The molecule has 1 N–H and O–H groups in total. The van der Waals surface area contributed by atoms with E-state index < -0.39 is 8.07 Å². The summed E-state index contributed by atoms with van der Waals surface area (Å²) in [5, 5.41) is 9.70. The fourth-order valence-electron chi connectivity index (χ4n) is 5.10. The SMILES string of the molecule is CCCc1ccc(C#C[Si](C)(C)/C=C(/C(=N)C(c2ccccc2)c2ccccc2)c2ccc(CCC)cc2)cc1. The van der Waals surface area contributed by atoms with Crippen molar-refractivity contribution in [3.05, 3.63) is 148 Å². The highest BCUT2D eigenvalue weighted by Crippen LogP contribution is 2.33. The van der Waals surface area contributed by atoms with Crippen molar-refractivity contribution in [2.45, 2.75) is 58.5 Å². The summed E-state index contributed by atoms with van der Waals surface area (Å²) < 4.78 is 0. The number of allylic oxidation sites excluding steroid dienone is 1. The van der Waals surface area contributed by atoms with E-state index in [1.54, 1.807) is 0 Å². The van der Waals surface area contributed by atoms with E-state index in [0.717, 1.165) is 53.5 Å². The summed E-state index contributed by atoms with van der Waals surface area (Å²) in [5.41, 5.74) is 14.7. The third kappa shape index (κ3) is 7.81. The smallest absolute Gasteiger partial charge is 0.156 e. The van der Waals surface area contributed by atoms with Crippen molar-refractivity contribution in [2.24, 2.45) is 0 Å². The Morgan fingerprint density at radius 2 is 1.18 bits per heavy atom.